The summed E-state index contributed by atoms with van der Waals surface area (Å²) < 4.78 is 0. The molecule has 3 atom stereocenters. The molecule has 698 valence electrons. The zero-order valence-electron chi connectivity index (χ0n) is 82.4. The van der Waals surface area contributed by atoms with Crippen LogP contribution in [0.25, 0.3) is 86.9 Å². The van der Waals surface area contributed by atoms with Gasteiger partial charge in [-0.1, -0.05) is 369 Å². The molecule has 0 heterocycles. The third kappa shape index (κ3) is 20.3. The van der Waals surface area contributed by atoms with Crippen molar-refractivity contribution in [3.05, 3.63) is 557 Å². The van der Waals surface area contributed by atoms with Crippen molar-refractivity contribution in [1.82, 2.24) is 0 Å². The number of rotatable bonds is 26. The molecule has 23 aromatic rings. The Kier molecular flexibility index (Phi) is 27.7. The topological polar surface area (TPSA) is 19.4 Å². The average molecular weight is 1860 g/mol. The van der Waals surface area contributed by atoms with E-state index in [4.69, 9.17) is 0 Å². The summed E-state index contributed by atoms with van der Waals surface area (Å²) in [5.41, 5.74) is 29.2. The highest BCUT2D eigenvalue weighted by atomic mass is 15.2. The van der Waals surface area contributed by atoms with Crippen molar-refractivity contribution in [2.24, 2.45) is 0 Å². The molecule has 6 heteroatoms. The average Bonchev–Trinajstić information content (AvgIpc) is 0.776. The summed E-state index contributed by atoms with van der Waals surface area (Å²) in [5, 5.41) is 14.8. The highest BCUT2D eigenvalue weighted by molar-refractivity contribution is 6.01. The molecule has 144 heavy (non-hydrogen) atoms. The van der Waals surface area contributed by atoms with Gasteiger partial charge in [0, 0.05) is 102 Å². The molecule has 23 aromatic carbocycles. The number of hydrogen-bond acceptors (Lipinski definition) is 6. The second-order valence-corrected chi connectivity index (χ2v) is 37.6. The zero-order valence-corrected chi connectivity index (χ0v) is 82.4. The van der Waals surface area contributed by atoms with Crippen LogP contribution < -0.4 is 29.4 Å². The van der Waals surface area contributed by atoms with Gasteiger partial charge in [0.2, 0.25) is 0 Å². The monoisotopic (exact) mass is 1860 g/mol. The van der Waals surface area contributed by atoms with E-state index in [1.807, 2.05) is 0 Å². The Balaban J connectivity index is 0.000000128. The van der Waals surface area contributed by atoms with E-state index in [1.54, 1.807) is 0 Å². The lowest BCUT2D eigenvalue weighted by Crippen LogP contribution is -2.12. The van der Waals surface area contributed by atoms with E-state index in [9.17, 15) is 0 Å². The van der Waals surface area contributed by atoms with Crippen LogP contribution in [0.15, 0.2) is 540 Å². The van der Waals surface area contributed by atoms with Crippen LogP contribution in [0.3, 0.4) is 0 Å². The van der Waals surface area contributed by atoms with Crippen molar-refractivity contribution < 1.29 is 0 Å². The lowest BCUT2D eigenvalue weighted by atomic mass is 9.98. The fourth-order valence-corrected chi connectivity index (χ4v) is 19.9. The second kappa shape index (κ2) is 43.0. The van der Waals surface area contributed by atoms with Gasteiger partial charge in [-0.25, -0.2) is 0 Å². The van der Waals surface area contributed by atoms with Gasteiger partial charge in [-0.3, -0.25) is 0 Å². The van der Waals surface area contributed by atoms with Crippen LogP contribution in [0.1, 0.15) is 95.2 Å². The minimum absolute atomic E-state index is 0.527. The van der Waals surface area contributed by atoms with E-state index in [-0.39, 0.29) is 0 Å². The number of benzene rings is 23. The molecule has 0 N–H and O–H groups in total. The molecular weight excluding hydrogens is 1740 g/mol. The maximum atomic E-state index is 2.38. The lowest BCUT2D eigenvalue weighted by Gasteiger charge is -2.29. The van der Waals surface area contributed by atoms with Crippen LogP contribution in [-0.2, 0) is 0 Å². The molecule has 23 rings (SSSR count). The number of anilines is 18. The van der Waals surface area contributed by atoms with Gasteiger partial charge in [0.15, 0.2) is 0 Å². The van der Waals surface area contributed by atoms with Crippen LogP contribution >= 0.6 is 0 Å². The molecule has 0 spiro atoms. The van der Waals surface area contributed by atoms with E-state index >= 15 is 0 Å². The predicted octanol–water partition coefficient (Wildman–Crippen LogP) is 40.7. The van der Waals surface area contributed by atoms with Crippen LogP contribution in [0, 0.1) is 0 Å². The van der Waals surface area contributed by atoms with Crippen molar-refractivity contribution in [2.75, 3.05) is 29.4 Å². The Hall–Kier alpha value is -17.6. The molecule has 6 nitrogen and oxygen atoms in total. The van der Waals surface area contributed by atoms with Gasteiger partial charge in [-0.05, 0) is 348 Å². The SMILES string of the molecule is CCC(C)c1ccc(N(c2ccc(N(c3ccc(-c4ccccc4)cc3)c3ccc4ccccc4c3)cc2)c2ccc3ccccc3c2)cc1.CCC(C)c1ccc(N(c2ccc(N(c3ccc(-c4ccccc4)cc3)c3cccc4ccccc34)cc2)c2ccc3ccccc3c2)cc1.CCC(C)c1ccc(N(c2ccc(N(c3ccccc3)c3ccc4ccccc4c3)cc2)c2ccc3ccccc3c2)cc1. The molecule has 0 saturated carbocycles. The number of nitrogens with zero attached hydrogens (tertiary/aromatic N) is 6. The van der Waals surface area contributed by atoms with Crippen LogP contribution in [-0.4, -0.2) is 0 Å². The van der Waals surface area contributed by atoms with Gasteiger partial charge in [0.1, 0.15) is 0 Å². The van der Waals surface area contributed by atoms with Crippen LogP contribution in [0.2, 0.25) is 0 Å². The van der Waals surface area contributed by atoms with Crippen molar-refractivity contribution >= 4 is 167 Å². The summed E-state index contributed by atoms with van der Waals surface area (Å²) in [4.78, 5) is 14.2. The van der Waals surface area contributed by atoms with Crippen molar-refractivity contribution in [3.63, 3.8) is 0 Å². The first-order chi connectivity index (χ1) is 71.0. The quantitative estimate of drug-likeness (QED) is 0.0534. The maximum Gasteiger partial charge on any atom is 0.0540 e. The predicted molar refractivity (Wildman–Crippen MR) is 619 cm³/mol. The van der Waals surface area contributed by atoms with E-state index in [2.05, 4.69) is 611 Å². The molecular formula is C138H116N6. The Morgan fingerprint density at radius 2 is 0.319 bits per heavy atom. The standard InChI is InChI=1S/2C48H40N2.C42H36N2/c1-3-35(2)36-17-23-43(24-18-36)49(47-27-21-38-13-7-9-15-41(38)33-47)45-29-31-46(32-30-45)50(48-28-22-39-14-8-10-16-42(39)34-48)44-25-19-40(20-26-44)37-11-5-4-6-12-37;1-3-35(2)36-20-25-42(26-21-36)49(46-29-24-38-14-7-8-16-41(38)34-46)43-30-32-45(33-31-43)50(48-19-11-17-40-15-9-10-18-47(40)48)44-27-22-39(23-28-44)37-12-5-4-6-13-37;1-3-31(2)32-17-21-38(22-18-32)44(42-24-20-34-12-8-10-14-36(34)30-42)40-27-25-39(26-28-40)43(37-15-5-4-6-16-37)41-23-19-33-11-7-9-13-35(33)29-41/h2*4-35H,3H2,1-2H3;4-31H,3H2,1-2H3. The van der Waals surface area contributed by atoms with Crippen molar-refractivity contribution in [3.8, 4) is 22.3 Å². The van der Waals surface area contributed by atoms with Crippen LogP contribution in [0.4, 0.5) is 102 Å². The third-order valence-corrected chi connectivity index (χ3v) is 28.5. The van der Waals surface area contributed by atoms with Gasteiger partial charge in [-0.2, -0.15) is 0 Å². The molecule has 0 aliphatic heterocycles. The van der Waals surface area contributed by atoms with Crippen molar-refractivity contribution in [2.45, 2.75) is 78.6 Å². The Labute approximate surface area is 847 Å². The lowest BCUT2D eigenvalue weighted by molar-refractivity contribution is 0.733. The number of hydrogen-bond donors (Lipinski definition) is 0. The maximum absolute atomic E-state index is 2.38. The molecule has 0 radical (unpaired) electrons. The second-order valence-electron chi connectivity index (χ2n) is 37.6. The number of fused-ring (bicyclic) bond motifs is 6. The first-order valence-corrected chi connectivity index (χ1v) is 50.7. The Morgan fingerprint density at radius 3 is 0.576 bits per heavy atom. The summed E-state index contributed by atoms with van der Waals surface area (Å²) in [5.74, 6) is 1.59. The van der Waals surface area contributed by atoms with E-state index < -0.39 is 0 Å². The minimum Gasteiger partial charge on any atom is -0.310 e. The molecule has 0 aromatic heterocycles. The number of para-hydroxylation sites is 1. The highest BCUT2D eigenvalue weighted by Gasteiger charge is 2.25. The fraction of sp³-hybridized carbons (Fsp3) is 0.0870. The Morgan fingerprint density at radius 1 is 0.139 bits per heavy atom. The highest BCUT2D eigenvalue weighted by Crippen LogP contribution is 2.48. The van der Waals surface area contributed by atoms with E-state index in [0.29, 0.717) is 17.8 Å². The fourth-order valence-electron chi connectivity index (χ4n) is 19.9. The smallest absolute Gasteiger partial charge is 0.0540 e. The molecule has 0 amide bonds. The molecule has 0 fully saturated rings. The van der Waals surface area contributed by atoms with Gasteiger partial charge >= 0.3 is 0 Å². The molecule has 0 aliphatic carbocycles. The normalized spacial score (nSPS) is 11.8. The van der Waals surface area contributed by atoms with E-state index in [1.165, 1.54) is 104 Å². The third-order valence-electron chi connectivity index (χ3n) is 28.5. The van der Waals surface area contributed by atoms with Crippen molar-refractivity contribution in [1.29, 1.82) is 0 Å². The summed E-state index contributed by atoms with van der Waals surface area (Å²) >= 11 is 0. The van der Waals surface area contributed by atoms with Gasteiger partial charge < -0.3 is 29.4 Å². The van der Waals surface area contributed by atoms with Crippen LogP contribution in [0.5, 0.6) is 0 Å². The summed E-state index contributed by atoms with van der Waals surface area (Å²) in [7, 11) is 0. The van der Waals surface area contributed by atoms with E-state index in [0.717, 1.165) is 122 Å². The molecule has 0 saturated heterocycles. The summed E-state index contributed by atoms with van der Waals surface area (Å²) in [6.07, 6.45) is 3.37. The van der Waals surface area contributed by atoms with Gasteiger partial charge in [0.05, 0.1) is 5.69 Å². The zero-order chi connectivity index (χ0) is 97.6. The summed E-state index contributed by atoms with van der Waals surface area (Å²) in [6, 6.07) is 195. The summed E-state index contributed by atoms with van der Waals surface area (Å²) in [6.45, 7) is 13.6. The van der Waals surface area contributed by atoms with Gasteiger partial charge in [-0.15, -0.1) is 0 Å². The Bertz CT molecular complexity index is 8270. The molecule has 0 bridgehead atoms. The molecule has 3 unspecified atom stereocenters. The first-order valence-electron chi connectivity index (χ1n) is 50.7. The largest absolute Gasteiger partial charge is 0.310 e. The van der Waals surface area contributed by atoms with Gasteiger partial charge in [0.25, 0.3) is 0 Å². The molecule has 0 aliphatic rings. The first kappa shape index (κ1) is 92.8. The minimum atomic E-state index is 0.527.